The van der Waals surface area contributed by atoms with Crippen LogP contribution in [0.3, 0.4) is 0 Å². The second-order valence-electron chi connectivity index (χ2n) is 3.68. The molecule has 0 radical (unpaired) electrons. The van der Waals surface area contributed by atoms with Gasteiger partial charge in [-0.15, -0.1) is 0 Å². The van der Waals surface area contributed by atoms with Crippen LogP contribution in [0.2, 0.25) is 0 Å². The van der Waals surface area contributed by atoms with Crippen LogP contribution < -0.4 is 10.6 Å². The first kappa shape index (κ1) is 13.0. The Kier molecular flexibility index (Phi) is 5.32. The summed E-state index contributed by atoms with van der Waals surface area (Å²) in [5.41, 5.74) is 1.08. The Bertz CT molecular complexity index is 355. The van der Waals surface area contributed by atoms with Crippen LogP contribution >= 0.6 is 15.9 Å². The maximum absolute atomic E-state index is 11.4. The first-order valence-corrected chi connectivity index (χ1v) is 6.22. The number of urea groups is 1. The number of nitrogens with one attached hydrogen (secondary N) is 2. The van der Waals surface area contributed by atoms with E-state index >= 15 is 0 Å². The smallest absolute Gasteiger partial charge is 0.315 e. The Morgan fingerprint density at radius 1 is 1.50 bits per heavy atom. The molecular formula is C12H17BrN2O. The molecule has 88 valence electrons. The summed E-state index contributed by atoms with van der Waals surface area (Å²) in [5.74, 6) is 0. The molecule has 0 aliphatic rings. The first-order chi connectivity index (χ1) is 7.63. The zero-order chi connectivity index (χ0) is 12.0. The second kappa shape index (κ2) is 6.53. The van der Waals surface area contributed by atoms with Crippen LogP contribution in [0.4, 0.5) is 4.79 Å². The highest BCUT2D eigenvalue weighted by Gasteiger charge is 2.08. The molecule has 1 rings (SSSR count). The molecule has 2 amide bonds. The van der Waals surface area contributed by atoms with Crippen LogP contribution in [-0.2, 0) is 0 Å². The third-order valence-electron chi connectivity index (χ3n) is 2.23. The molecule has 0 fully saturated rings. The van der Waals surface area contributed by atoms with Crippen molar-refractivity contribution in [2.75, 3.05) is 6.54 Å². The van der Waals surface area contributed by atoms with Gasteiger partial charge in [0.25, 0.3) is 0 Å². The quantitative estimate of drug-likeness (QED) is 0.876. The van der Waals surface area contributed by atoms with E-state index in [2.05, 4.69) is 26.6 Å². The maximum Gasteiger partial charge on any atom is 0.315 e. The fourth-order valence-corrected chi connectivity index (χ4v) is 1.76. The molecule has 1 aromatic rings. The lowest BCUT2D eigenvalue weighted by atomic mass is 10.1. The molecule has 0 saturated heterocycles. The molecule has 0 aliphatic carbocycles. The normalized spacial score (nSPS) is 11.9. The molecule has 1 atom stereocenters. The minimum atomic E-state index is -0.116. The Labute approximate surface area is 105 Å². The van der Waals surface area contributed by atoms with Gasteiger partial charge < -0.3 is 10.6 Å². The molecule has 0 heterocycles. The Balaban J connectivity index is 2.52. The minimum Gasteiger partial charge on any atom is -0.338 e. The van der Waals surface area contributed by atoms with Crippen LogP contribution in [0.1, 0.15) is 31.9 Å². The Morgan fingerprint density at radius 3 is 2.88 bits per heavy atom. The SMILES string of the molecule is CCCNC(=O)NC(C)c1cccc(Br)c1. The molecule has 0 saturated carbocycles. The van der Waals surface area contributed by atoms with Crippen LogP contribution in [0.15, 0.2) is 28.7 Å². The van der Waals surface area contributed by atoms with Gasteiger partial charge in [-0.05, 0) is 31.0 Å². The topological polar surface area (TPSA) is 41.1 Å². The molecule has 0 aliphatic heterocycles. The zero-order valence-corrected chi connectivity index (χ0v) is 11.2. The van der Waals surface area contributed by atoms with Gasteiger partial charge in [-0.2, -0.15) is 0 Å². The lowest BCUT2D eigenvalue weighted by molar-refractivity contribution is 0.238. The van der Waals surface area contributed by atoms with E-state index in [0.29, 0.717) is 6.54 Å². The number of carbonyl (C=O) groups is 1. The number of hydrogen-bond acceptors (Lipinski definition) is 1. The van der Waals surface area contributed by atoms with E-state index in [-0.39, 0.29) is 12.1 Å². The summed E-state index contributed by atoms with van der Waals surface area (Å²) in [5, 5.41) is 5.67. The highest BCUT2D eigenvalue weighted by atomic mass is 79.9. The van der Waals surface area contributed by atoms with E-state index in [9.17, 15) is 4.79 Å². The third-order valence-corrected chi connectivity index (χ3v) is 2.73. The fourth-order valence-electron chi connectivity index (χ4n) is 1.35. The predicted octanol–water partition coefficient (Wildman–Crippen LogP) is 3.22. The van der Waals surface area contributed by atoms with E-state index in [4.69, 9.17) is 0 Å². The minimum absolute atomic E-state index is 0.00866. The molecule has 0 spiro atoms. The summed E-state index contributed by atoms with van der Waals surface area (Å²) in [4.78, 5) is 11.4. The first-order valence-electron chi connectivity index (χ1n) is 5.43. The molecule has 1 aromatic carbocycles. The predicted molar refractivity (Wildman–Crippen MR) is 69.4 cm³/mol. The van der Waals surface area contributed by atoms with E-state index in [1.54, 1.807) is 0 Å². The molecule has 4 heteroatoms. The molecular weight excluding hydrogens is 268 g/mol. The number of amides is 2. The van der Waals surface area contributed by atoms with Gasteiger partial charge >= 0.3 is 6.03 Å². The van der Waals surface area contributed by atoms with Crippen molar-refractivity contribution in [2.24, 2.45) is 0 Å². The summed E-state index contributed by atoms with van der Waals surface area (Å²) in [6.07, 6.45) is 0.943. The van der Waals surface area contributed by atoms with Gasteiger partial charge in [-0.1, -0.05) is 35.0 Å². The van der Waals surface area contributed by atoms with Crippen LogP contribution in [0.5, 0.6) is 0 Å². The lowest BCUT2D eigenvalue weighted by Crippen LogP contribution is -2.37. The number of hydrogen-bond donors (Lipinski definition) is 2. The van der Waals surface area contributed by atoms with Crippen molar-refractivity contribution in [2.45, 2.75) is 26.3 Å². The van der Waals surface area contributed by atoms with Crippen molar-refractivity contribution < 1.29 is 4.79 Å². The number of rotatable bonds is 4. The van der Waals surface area contributed by atoms with Gasteiger partial charge in [0.15, 0.2) is 0 Å². The van der Waals surface area contributed by atoms with Crippen molar-refractivity contribution in [1.29, 1.82) is 0 Å². The Morgan fingerprint density at radius 2 is 2.25 bits per heavy atom. The largest absolute Gasteiger partial charge is 0.338 e. The maximum atomic E-state index is 11.4. The summed E-state index contributed by atoms with van der Waals surface area (Å²) in [6.45, 7) is 4.70. The van der Waals surface area contributed by atoms with Gasteiger partial charge in [0, 0.05) is 11.0 Å². The second-order valence-corrected chi connectivity index (χ2v) is 4.59. The molecule has 3 nitrogen and oxygen atoms in total. The third kappa shape index (κ3) is 4.23. The van der Waals surface area contributed by atoms with Gasteiger partial charge in [0.2, 0.25) is 0 Å². The van der Waals surface area contributed by atoms with Crippen molar-refractivity contribution in [3.05, 3.63) is 34.3 Å². The zero-order valence-electron chi connectivity index (χ0n) is 9.59. The summed E-state index contributed by atoms with van der Waals surface area (Å²) in [7, 11) is 0. The molecule has 0 aromatic heterocycles. The average Bonchev–Trinajstić information content (AvgIpc) is 2.26. The van der Waals surface area contributed by atoms with Crippen LogP contribution in [-0.4, -0.2) is 12.6 Å². The summed E-state index contributed by atoms with van der Waals surface area (Å²) in [6, 6.07) is 7.82. The van der Waals surface area contributed by atoms with Crippen molar-refractivity contribution >= 4 is 22.0 Å². The standard InChI is InChI=1S/C12H17BrN2O/c1-3-7-14-12(16)15-9(2)10-5-4-6-11(13)8-10/h4-6,8-9H,3,7H2,1-2H3,(H2,14,15,16). The number of benzene rings is 1. The van der Waals surface area contributed by atoms with Crippen LogP contribution in [0, 0.1) is 0 Å². The van der Waals surface area contributed by atoms with Crippen molar-refractivity contribution in [1.82, 2.24) is 10.6 Å². The van der Waals surface area contributed by atoms with Gasteiger partial charge in [0.05, 0.1) is 6.04 Å². The van der Waals surface area contributed by atoms with Gasteiger partial charge in [0.1, 0.15) is 0 Å². The number of carbonyl (C=O) groups excluding carboxylic acids is 1. The molecule has 0 bridgehead atoms. The van der Waals surface area contributed by atoms with Gasteiger partial charge in [-0.25, -0.2) is 4.79 Å². The highest BCUT2D eigenvalue weighted by Crippen LogP contribution is 2.17. The van der Waals surface area contributed by atoms with Crippen molar-refractivity contribution in [3.63, 3.8) is 0 Å². The highest BCUT2D eigenvalue weighted by molar-refractivity contribution is 9.10. The lowest BCUT2D eigenvalue weighted by Gasteiger charge is -2.15. The average molecular weight is 285 g/mol. The van der Waals surface area contributed by atoms with E-state index in [1.165, 1.54) is 0 Å². The van der Waals surface area contributed by atoms with E-state index in [0.717, 1.165) is 16.5 Å². The fraction of sp³-hybridized carbons (Fsp3) is 0.417. The van der Waals surface area contributed by atoms with Crippen LogP contribution in [0.25, 0.3) is 0 Å². The summed E-state index contributed by atoms with van der Waals surface area (Å²) < 4.78 is 1.02. The van der Waals surface area contributed by atoms with Gasteiger partial charge in [-0.3, -0.25) is 0 Å². The van der Waals surface area contributed by atoms with E-state index in [1.807, 2.05) is 38.1 Å². The molecule has 16 heavy (non-hydrogen) atoms. The molecule has 2 N–H and O–H groups in total. The summed E-state index contributed by atoms with van der Waals surface area (Å²) >= 11 is 3.41. The molecule has 1 unspecified atom stereocenters. The van der Waals surface area contributed by atoms with Crippen molar-refractivity contribution in [3.8, 4) is 0 Å². The van der Waals surface area contributed by atoms with E-state index < -0.39 is 0 Å². The Hall–Kier alpha value is -1.03. The number of halogens is 1. The monoisotopic (exact) mass is 284 g/mol.